The Morgan fingerprint density at radius 2 is 2.19 bits per heavy atom. The number of hydrogen-bond acceptors (Lipinski definition) is 5. The highest BCUT2D eigenvalue weighted by Crippen LogP contribution is 2.28. The Bertz CT molecular complexity index is 648. The third-order valence-electron chi connectivity index (χ3n) is 4.07. The molecule has 3 rings (SSSR count). The average molecular weight is 289 g/mol. The van der Waals surface area contributed by atoms with E-state index < -0.39 is 4.92 Å². The molecule has 1 aromatic heterocycles. The van der Waals surface area contributed by atoms with E-state index in [1.54, 1.807) is 6.07 Å². The maximum atomic E-state index is 10.8. The van der Waals surface area contributed by atoms with E-state index in [2.05, 4.69) is 14.9 Å². The summed E-state index contributed by atoms with van der Waals surface area (Å²) in [5.74, 6) is 0.767. The van der Waals surface area contributed by atoms with Crippen molar-refractivity contribution in [2.45, 2.75) is 31.7 Å². The summed E-state index contributed by atoms with van der Waals surface area (Å²) < 4.78 is 0. The molecular weight excluding hydrogens is 270 g/mol. The summed E-state index contributed by atoms with van der Waals surface area (Å²) in [6, 6.07) is 5.16. The Hall–Kier alpha value is -2.15. The number of aromatic nitrogens is 2. The van der Waals surface area contributed by atoms with Gasteiger partial charge in [0.05, 0.1) is 16.0 Å². The van der Waals surface area contributed by atoms with Gasteiger partial charge in [0, 0.05) is 31.3 Å². The summed E-state index contributed by atoms with van der Waals surface area (Å²) in [7, 11) is 0. The van der Waals surface area contributed by atoms with Gasteiger partial charge in [-0.3, -0.25) is 10.1 Å². The number of non-ortho nitro benzene ring substituents is 1. The molecule has 112 valence electrons. The van der Waals surface area contributed by atoms with Crippen molar-refractivity contribution in [3.05, 3.63) is 28.3 Å². The van der Waals surface area contributed by atoms with Crippen molar-refractivity contribution in [3.63, 3.8) is 0 Å². The predicted molar refractivity (Wildman–Crippen MR) is 81.4 cm³/mol. The van der Waals surface area contributed by atoms with Crippen molar-refractivity contribution in [2.24, 2.45) is 5.73 Å². The molecule has 1 fully saturated rings. The van der Waals surface area contributed by atoms with Gasteiger partial charge in [-0.2, -0.15) is 0 Å². The molecule has 7 heteroatoms. The maximum Gasteiger partial charge on any atom is 0.271 e. The molecule has 0 saturated heterocycles. The Morgan fingerprint density at radius 1 is 1.43 bits per heavy atom. The quantitative estimate of drug-likeness (QED) is 0.649. The lowest BCUT2D eigenvalue weighted by Crippen LogP contribution is -2.38. The highest BCUT2D eigenvalue weighted by molar-refractivity contribution is 5.80. The van der Waals surface area contributed by atoms with E-state index in [9.17, 15) is 10.1 Å². The van der Waals surface area contributed by atoms with Gasteiger partial charge in [0.25, 0.3) is 5.69 Å². The number of nitrogens with one attached hydrogen (secondary N) is 1. The highest BCUT2D eigenvalue weighted by Gasteiger charge is 2.24. The molecule has 7 nitrogen and oxygen atoms in total. The van der Waals surface area contributed by atoms with E-state index in [0.717, 1.165) is 30.9 Å². The molecule has 0 spiro atoms. The molecule has 1 heterocycles. The van der Waals surface area contributed by atoms with Gasteiger partial charge in [-0.1, -0.05) is 12.8 Å². The normalized spacial score (nSPS) is 15.7. The molecular formula is C14H19N5O2. The highest BCUT2D eigenvalue weighted by atomic mass is 16.6. The molecule has 0 aliphatic heterocycles. The first-order chi connectivity index (χ1) is 10.2. The second kappa shape index (κ2) is 5.69. The third-order valence-corrected chi connectivity index (χ3v) is 4.07. The number of nitro groups is 1. The van der Waals surface area contributed by atoms with Crippen LogP contribution in [0.25, 0.3) is 11.0 Å². The zero-order valence-corrected chi connectivity index (χ0v) is 11.8. The number of aromatic amines is 1. The molecule has 1 aromatic carbocycles. The molecule has 0 unspecified atom stereocenters. The van der Waals surface area contributed by atoms with Crippen LogP contribution in [-0.2, 0) is 0 Å². The minimum Gasteiger partial charge on any atom is -0.338 e. The molecule has 0 amide bonds. The van der Waals surface area contributed by atoms with Gasteiger partial charge in [-0.05, 0) is 18.9 Å². The minimum absolute atomic E-state index is 0.0731. The van der Waals surface area contributed by atoms with Gasteiger partial charge in [0.2, 0.25) is 5.95 Å². The fourth-order valence-corrected chi connectivity index (χ4v) is 3.05. The van der Waals surface area contributed by atoms with Crippen LogP contribution in [0.5, 0.6) is 0 Å². The SMILES string of the molecule is NCCN(c1nc2ccc([N+](=O)[O-])cc2[nH]1)C1CCCC1. The van der Waals surface area contributed by atoms with Crippen LogP contribution in [0.15, 0.2) is 18.2 Å². The Balaban J connectivity index is 1.95. The van der Waals surface area contributed by atoms with Gasteiger partial charge in [-0.15, -0.1) is 0 Å². The number of imidazole rings is 1. The van der Waals surface area contributed by atoms with Gasteiger partial charge >= 0.3 is 0 Å². The first-order valence-electron chi connectivity index (χ1n) is 7.30. The molecule has 1 saturated carbocycles. The van der Waals surface area contributed by atoms with Gasteiger partial charge in [0.15, 0.2) is 0 Å². The first kappa shape index (κ1) is 13.8. The van der Waals surface area contributed by atoms with Crippen LogP contribution in [0.3, 0.4) is 0 Å². The van der Waals surface area contributed by atoms with Crippen LogP contribution in [0.1, 0.15) is 25.7 Å². The third kappa shape index (κ3) is 2.69. The predicted octanol–water partition coefficient (Wildman–Crippen LogP) is 2.18. The van der Waals surface area contributed by atoms with Gasteiger partial charge in [-0.25, -0.2) is 4.98 Å². The number of nitrogens with two attached hydrogens (primary N) is 1. The van der Waals surface area contributed by atoms with E-state index in [-0.39, 0.29) is 5.69 Å². The molecule has 0 bridgehead atoms. The van der Waals surface area contributed by atoms with Gasteiger partial charge in [0.1, 0.15) is 0 Å². The molecule has 2 aromatic rings. The smallest absolute Gasteiger partial charge is 0.271 e. The minimum atomic E-state index is -0.394. The van der Waals surface area contributed by atoms with Crippen LogP contribution in [0, 0.1) is 10.1 Å². The fourth-order valence-electron chi connectivity index (χ4n) is 3.05. The van der Waals surface area contributed by atoms with E-state index >= 15 is 0 Å². The molecule has 0 radical (unpaired) electrons. The number of anilines is 1. The zero-order valence-electron chi connectivity index (χ0n) is 11.8. The molecule has 21 heavy (non-hydrogen) atoms. The van der Waals surface area contributed by atoms with E-state index in [4.69, 9.17) is 5.73 Å². The zero-order chi connectivity index (χ0) is 14.8. The lowest BCUT2D eigenvalue weighted by molar-refractivity contribution is -0.384. The van der Waals surface area contributed by atoms with Crippen LogP contribution < -0.4 is 10.6 Å². The van der Waals surface area contributed by atoms with Crippen LogP contribution in [-0.4, -0.2) is 34.0 Å². The Labute approximate surface area is 122 Å². The second-order valence-electron chi connectivity index (χ2n) is 5.44. The number of hydrogen-bond donors (Lipinski definition) is 2. The van der Waals surface area contributed by atoms with Crippen LogP contribution in [0.2, 0.25) is 0 Å². The molecule has 1 aliphatic rings. The number of fused-ring (bicyclic) bond motifs is 1. The Kier molecular flexibility index (Phi) is 3.74. The van der Waals surface area contributed by atoms with Crippen molar-refractivity contribution in [1.29, 1.82) is 0 Å². The lowest BCUT2D eigenvalue weighted by Gasteiger charge is -2.27. The molecule has 0 atom stereocenters. The van der Waals surface area contributed by atoms with Gasteiger partial charge < -0.3 is 15.6 Å². The standard InChI is InChI=1S/C14H19N5O2/c15-7-8-18(10-3-1-2-4-10)14-16-12-6-5-11(19(20)21)9-13(12)17-14/h5-6,9-10H,1-4,7-8,15H2,(H,16,17). The first-order valence-corrected chi connectivity index (χ1v) is 7.30. The maximum absolute atomic E-state index is 10.8. The summed E-state index contributed by atoms with van der Waals surface area (Å²) in [5.41, 5.74) is 7.23. The van der Waals surface area contributed by atoms with E-state index in [1.165, 1.54) is 25.0 Å². The number of H-pyrrole nitrogens is 1. The van der Waals surface area contributed by atoms with E-state index in [1.807, 2.05) is 0 Å². The average Bonchev–Trinajstić information content (AvgIpc) is 3.12. The van der Waals surface area contributed by atoms with Crippen molar-refractivity contribution in [2.75, 3.05) is 18.0 Å². The monoisotopic (exact) mass is 289 g/mol. The van der Waals surface area contributed by atoms with Crippen molar-refractivity contribution in [1.82, 2.24) is 9.97 Å². The van der Waals surface area contributed by atoms with E-state index in [0.29, 0.717) is 18.1 Å². The molecule has 1 aliphatic carbocycles. The van der Waals surface area contributed by atoms with Crippen molar-refractivity contribution >= 4 is 22.7 Å². The number of nitro benzene ring substituents is 1. The summed E-state index contributed by atoms with van der Waals surface area (Å²) in [4.78, 5) is 20.4. The number of benzene rings is 1. The largest absolute Gasteiger partial charge is 0.338 e. The molecule has 3 N–H and O–H groups in total. The number of nitrogens with zero attached hydrogens (tertiary/aromatic N) is 3. The Morgan fingerprint density at radius 3 is 2.86 bits per heavy atom. The topological polar surface area (TPSA) is 101 Å². The summed E-state index contributed by atoms with van der Waals surface area (Å²) in [5, 5.41) is 10.8. The fraction of sp³-hybridized carbons (Fsp3) is 0.500. The van der Waals surface area contributed by atoms with Crippen LogP contribution >= 0.6 is 0 Å². The van der Waals surface area contributed by atoms with Crippen molar-refractivity contribution < 1.29 is 4.92 Å². The van der Waals surface area contributed by atoms with Crippen LogP contribution in [0.4, 0.5) is 11.6 Å². The number of rotatable bonds is 5. The summed E-state index contributed by atoms with van der Waals surface area (Å²) in [6.45, 7) is 1.31. The second-order valence-corrected chi connectivity index (χ2v) is 5.44. The van der Waals surface area contributed by atoms with Crippen molar-refractivity contribution in [3.8, 4) is 0 Å². The summed E-state index contributed by atoms with van der Waals surface area (Å²) >= 11 is 0. The summed E-state index contributed by atoms with van der Waals surface area (Å²) in [6.07, 6.45) is 4.77. The lowest BCUT2D eigenvalue weighted by atomic mass is 10.2.